The van der Waals surface area contributed by atoms with E-state index in [9.17, 15) is 9.18 Å². The number of methoxy groups -OCH3 is 1. The molecule has 1 amide bonds. The molecule has 0 bridgehead atoms. The summed E-state index contributed by atoms with van der Waals surface area (Å²) in [5, 5.41) is 1.01. The number of aromatic amines is 1. The van der Waals surface area contributed by atoms with Crippen molar-refractivity contribution in [2.45, 2.75) is 6.42 Å². The molecule has 0 saturated heterocycles. The molecule has 0 fully saturated rings. The van der Waals surface area contributed by atoms with E-state index in [2.05, 4.69) is 11.1 Å². The molecule has 0 atom stereocenters. The molecule has 2 heterocycles. The average molecular weight is 350 g/mol. The number of carbonyl (C=O) groups excluding carboxylic acids is 1. The first-order valence-corrected chi connectivity index (χ1v) is 8.55. The van der Waals surface area contributed by atoms with Gasteiger partial charge in [0, 0.05) is 41.3 Å². The van der Waals surface area contributed by atoms with Crippen LogP contribution in [0.1, 0.15) is 22.3 Å². The molecule has 0 spiro atoms. The SMILES string of the molecule is COc1ccc(C(=O)N2CC=C(c3c[nH]c4cc(F)ccc34)CC2)cc1. The molecule has 4 nitrogen and oxygen atoms in total. The Morgan fingerprint density at radius 3 is 2.69 bits per heavy atom. The molecule has 4 rings (SSSR count). The number of carbonyl (C=O) groups is 1. The lowest BCUT2D eigenvalue weighted by Gasteiger charge is -2.26. The second kappa shape index (κ2) is 6.67. The van der Waals surface area contributed by atoms with E-state index in [4.69, 9.17) is 4.74 Å². The fourth-order valence-electron chi connectivity index (χ4n) is 3.38. The van der Waals surface area contributed by atoms with Crippen molar-refractivity contribution in [2.24, 2.45) is 0 Å². The highest BCUT2D eigenvalue weighted by Crippen LogP contribution is 2.30. The number of hydrogen-bond donors (Lipinski definition) is 1. The Hall–Kier alpha value is -3.08. The van der Waals surface area contributed by atoms with Gasteiger partial charge in [0.2, 0.25) is 0 Å². The third-order valence-electron chi connectivity index (χ3n) is 4.82. The summed E-state index contributed by atoms with van der Waals surface area (Å²) in [5.74, 6) is 0.502. The topological polar surface area (TPSA) is 45.3 Å². The maximum absolute atomic E-state index is 13.4. The molecule has 2 aromatic carbocycles. The van der Waals surface area contributed by atoms with Crippen LogP contribution in [0.2, 0.25) is 0 Å². The van der Waals surface area contributed by atoms with E-state index < -0.39 is 0 Å². The van der Waals surface area contributed by atoms with E-state index in [0.717, 1.165) is 28.6 Å². The summed E-state index contributed by atoms with van der Waals surface area (Å²) in [6.07, 6.45) is 4.76. The highest BCUT2D eigenvalue weighted by molar-refractivity contribution is 5.96. The monoisotopic (exact) mass is 350 g/mol. The summed E-state index contributed by atoms with van der Waals surface area (Å²) < 4.78 is 18.5. The van der Waals surface area contributed by atoms with Gasteiger partial charge >= 0.3 is 0 Å². The van der Waals surface area contributed by atoms with Crippen LogP contribution in [-0.4, -0.2) is 36.0 Å². The van der Waals surface area contributed by atoms with Gasteiger partial charge in [-0.15, -0.1) is 0 Å². The highest BCUT2D eigenvalue weighted by Gasteiger charge is 2.20. The predicted octanol–water partition coefficient (Wildman–Crippen LogP) is 4.25. The quantitative estimate of drug-likeness (QED) is 0.768. The number of ether oxygens (including phenoxy) is 1. The summed E-state index contributed by atoms with van der Waals surface area (Å²) in [6.45, 7) is 1.22. The van der Waals surface area contributed by atoms with E-state index in [1.807, 2.05) is 11.1 Å². The molecule has 3 aromatic rings. The number of rotatable bonds is 3. The van der Waals surface area contributed by atoms with Crippen LogP contribution >= 0.6 is 0 Å². The van der Waals surface area contributed by atoms with Gasteiger partial charge in [-0.05, 0) is 54.5 Å². The van der Waals surface area contributed by atoms with Crippen molar-refractivity contribution in [3.8, 4) is 5.75 Å². The van der Waals surface area contributed by atoms with Crippen molar-refractivity contribution in [2.75, 3.05) is 20.2 Å². The van der Waals surface area contributed by atoms with Crippen LogP contribution in [0, 0.1) is 5.82 Å². The third kappa shape index (κ3) is 2.96. The van der Waals surface area contributed by atoms with Crippen molar-refractivity contribution in [3.05, 3.63) is 71.7 Å². The van der Waals surface area contributed by atoms with Gasteiger partial charge in [-0.1, -0.05) is 6.08 Å². The Balaban J connectivity index is 1.52. The Kier molecular flexibility index (Phi) is 4.21. The Labute approximate surface area is 150 Å². The number of fused-ring (bicyclic) bond motifs is 1. The van der Waals surface area contributed by atoms with Crippen LogP contribution in [-0.2, 0) is 0 Å². The second-order valence-corrected chi connectivity index (χ2v) is 6.35. The van der Waals surface area contributed by atoms with Gasteiger partial charge in [0.25, 0.3) is 5.91 Å². The number of aromatic nitrogens is 1. The molecule has 1 aliphatic rings. The number of nitrogens with zero attached hydrogens (tertiary/aromatic N) is 1. The smallest absolute Gasteiger partial charge is 0.254 e. The van der Waals surface area contributed by atoms with E-state index in [-0.39, 0.29) is 11.7 Å². The highest BCUT2D eigenvalue weighted by atomic mass is 19.1. The van der Waals surface area contributed by atoms with Gasteiger partial charge in [0.1, 0.15) is 11.6 Å². The molecule has 1 N–H and O–H groups in total. The largest absolute Gasteiger partial charge is 0.497 e. The van der Waals surface area contributed by atoms with E-state index >= 15 is 0 Å². The number of H-pyrrole nitrogens is 1. The first-order chi connectivity index (χ1) is 12.7. The molecule has 26 heavy (non-hydrogen) atoms. The van der Waals surface area contributed by atoms with Crippen molar-refractivity contribution < 1.29 is 13.9 Å². The fraction of sp³-hybridized carbons (Fsp3) is 0.190. The number of halogens is 1. The first-order valence-electron chi connectivity index (χ1n) is 8.55. The van der Waals surface area contributed by atoms with E-state index in [1.54, 1.807) is 37.4 Å². The predicted molar refractivity (Wildman–Crippen MR) is 99.7 cm³/mol. The first kappa shape index (κ1) is 16.4. The molecule has 5 heteroatoms. The Morgan fingerprint density at radius 2 is 2.00 bits per heavy atom. The van der Waals surface area contributed by atoms with Crippen LogP contribution < -0.4 is 4.74 Å². The number of hydrogen-bond acceptors (Lipinski definition) is 2. The normalized spacial score (nSPS) is 14.4. The summed E-state index contributed by atoms with van der Waals surface area (Å²) in [5.41, 5.74) is 3.71. The summed E-state index contributed by atoms with van der Waals surface area (Å²) in [6, 6.07) is 11.9. The Morgan fingerprint density at radius 1 is 1.19 bits per heavy atom. The summed E-state index contributed by atoms with van der Waals surface area (Å²) >= 11 is 0. The number of amides is 1. The van der Waals surface area contributed by atoms with Gasteiger partial charge in [0.05, 0.1) is 7.11 Å². The standard InChI is InChI=1S/C21H19FN2O2/c1-26-17-5-2-15(3-6-17)21(25)24-10-8-14(9-11-24)19-13-23-20-12-16(22)4-7-18(19)20/h2-8,12-13,23H,9-11H2,1H3. The molecule has 1 aromatic heterocycles. The molecular formula is C21H19FN2O2. The zero-order chi connectivity index (χ0) is 18.1. The molecule has 0 saturated carbocycles. The molecular weight excluding hydrogens is 331 g/mol. The van der Waals surface area contributed by atoms with Gasteiger partial charge in [0.15, 0.2) is 0 Å². The van der Waals surface area contributed by atoms with Gasteiger partial charge in [-0.3, -0.25) is 4.79 Å². The van der Waals surface area contributed by atoms with Crippen LogP contribution in [0.15, 0.2) is 54.7 Å². The van der Waals surface area contributed by atoms with Crippen molar-refractivity contribution in [1.82, 2.24) is 9.88 Å². The minimum absolute atomic E-state index is 0.0175. The second-order valence-electron chi connectivity index (χ2n) is 6.35. The number of nitrogens with one attached hydrogen (secondary N) is 1. The molecule has 1 aliphatic heterocycles. The lowest BCUT2D eigenvalue weighted by molar-refractivity contribution is 0.0773. The minimum atomic E-state index is -0.250. The van der Waals surface area contributed by atoms with Gasteiger partial charge in [-0.25, -0.2) is 4.39 Å². The molecule has 0 aliphatic carbocycles. The lowest BCUT2D eigenvalue weighted by atomic mass is 9.98. The van der Waals surface area contributed by atoms with Crippen molar-refractivity contribution in [1.29, 1.82) is 0 Å². The molecule has 0 radical (unpaired) electrons. The maximum Gasteiger partial charge on any atom is 0.254 e. The fourth-order valence-corrected chi connectivity index (χ4v) is 3.38. The maximum atomic E-state index is 13.4. The molecule has 0 unspecified atom stereocenters. The van der Waals surface area contributed by atoms with Crippen molar-refractivity contribution >= 4 is 22.4 Å². The zero-order valence-corrected chi connectivity index (χ0v) is 14.5. The zero-order valence-electron chi connectivity index (χ0n) is 14.5. The summed E-state index contributed by atoms with van der Waals surface area (Å²) in [7, 11) is 1.60. The Bertz CT molecular complexity index is 989. The van der Waals surface area contributed by atoms with Crippen LogP contribution in [0.3, 0.4) is 0 Å². The van der Waals surface area contributed by atoms with Crippen molar-refractivity contribution in [3.63, 3.8) is 0 Å². The minimum Gasteiger partial charge on any atom is -0.497 e. The van der Waals surface area contributed by atoms with Gasteiger partial charge < -0.3 is 14.6 Å². The number of benzene rings is 2. The van der Waals surface area contributed by atoms with Crippen LogP contribution in [0.4, 0.5) is 4.39 Å². The van der Waals surface area contributed by atoms with E-state index in [1.165, 1.54) is 17.7 Å². The van der Waals surface area contributed by atoms with Crippen LogP contribution in [0.5, 0.6) is 5.75 Å². The lowest BCUT2D eigenvalue weighted by Crippen LogP contribution is -2.34. The molecule has 132 valence electrons. The summed E-state index contributed by atoms with van der Waals surface area (Å²) in [4.78, 5) is 17.6. The van der Waals surface area contributed by atoms with Crippen LogP contribution in [0.25, 0.3) is 16.5 Å². The average Bonchev–Trinajstić information content (AvgIpc) is 3.10. The van der Waals surface area contributed by atoms with Gasteiger partial charge in [-0.2, -0.15) is 0 Å². The third-order valence-corrected chi connectivity index (χ3v) is 4.82. The van der Waals surface area contributed by atoms with E-state index in [0.29, 0.717) is 18.7 Å².